The molecule has 20 heavy (non-hydrogen) atoms. The Kier molecular flexibility index (Phi) is 5.87. The molecule has 0 spiro atoms. The first-order valence-electron chi connectivity index (χ1n) is 6.82. The monoisotopic (exact) mass is 289 g/mol. The zero-order valence-electron chi connectivity index (χ0n) is 12.2. The third kappa shape index (κ3) is 4.40. The van der Waals surface area contributed by atoms with Crippen LogP contribution in [0.2, 0.25) is 0 Å². The Morgan fingerprint density at radius 2 is 1.90 bits per heavy atom. The molecule has 2 nitrogen and oxygen atoms in total. The quantitative estimate of drug-likeness (QED) is 0.860. The summed E-state index contributed by atoms with van der Waals surface area (Å²) < 4.78 is 44.7. The van der Waals surface area contributed by atoms with Gasteiger partial charge in [0.15, 0.2) is 0 Å². The van der Waals surface area contributed by atoms with Crippen molar-refractivity contribution in [3.05, 3.63) is 28.8 Å². The molecule has 0 radical (unpaired) electrons. The molecule has 0 aliphatic carbocycles. The van der Waals surface area contributed by atoms with Crippen LogP contribution < -0.4 is 10.5 Å². The normalized spacial score (nSPS) is 13.3. The van der Waals surface area contributed by atoms with Gasteiger partial charge < -0.3 is 10.5 Å². The van der Waals surface area contributed by atoms with Crippen molar-refractivity contribution in [2.45, 2.75) is 51.7 Å². The number of nitrogens with two attached hydrogens (primary N) is 1. The van der Waals surface area contributed by atoms with Gasteiger partial charge >= 0.3 is 6.18 Å². The summed E-state index contributed by atoms with van der Waals surface area (Å²) in [6, 6.07) is 2.48. The van der Waals surface area contributed by atoms with Crippen molar-refractivity contribution < 1.29 is 17.9 Å². The minimum Gasteiger partial charge on any atom is -0.496 e. The Morgan fingerprint density at radius 3 is 2.35 bits per heavy atom. The highest BCUT2D eigenvalue weighted by Gasteiger charge is 2.34. The lowest BCUT2D eigenvalue weighted by Crippen LogP contribution is -2.19. The lowest BCUT2D eigenvalue weighted by Gasteiger charge is -2.18. The number of methoxy groups -OCH3 is 1. The second-order valence-corrected chi connectivity index (χ2v) is 5.10. The molecule has 2 N–H and O–H groups in total. The van der Waals surface area contributed by atoms with Crippen LogP contribution in [0.5, 0.6) is 5.75 Å². The van der Waals surface area contributed by atoms with Crippen LogP contribution in [0.25, 0.3) is 0 Å². The maximum atomic E-state index is 13.2. The van der Waals surface area contributed by atoms with Gasteiger partial charge in [0.05, 0.1) is 12.7 Å². The largest absolute Gasteiger partial charge is 0.496 e. The van der Waals surface area contributed by atoms with E-state index in [2.05, 4.69) is 0 Å². The van der Waals surface area contributed by atoms with Crippen molar-refractivity contribution in [3.8, 4) is 5.75 Å². The summed E-state index contributed by atoms with van der Waals surface area (Å²) in [5, 5.41) is 0. The number of benzene rings is 1. The van der Waals surface area contributed by atoms with Crippen LogP contribution >= 0.6 is 0 Å². The molecule has 0 saturated heterocycles. The average molecular weight is 289 g/mol. The second-order valence-electron chi connectivity index (χ2n) is 5.10. The third-order valence-electron chi connectivity index (χ3n) is 3.15. The molecule has 0 fully saturated rings. The van der Waals surface area contributed by atoms with Crippen molar-refractivity contribution in [3.63, 3.8) is 0 Å². The lowest BCUT2D eigenvalue weighted by atomic mass is 9.95. The van der Waals surface area contributed by atoms with E-state index < -0.39 is 11.7 Å². The Balaban J connectivity index is 3.29. The molecular weight excluding hydrogens is 267 g/mol. The number of rotatable bonds is 6. The smallest absolute Gasteiger partial charge is 0.416 e. The standard InChI is InChI=1S/C15H22F3NO/c1-4-5-6-11-9-14(20-3)12(7-10(2)19)8-13(11)15(16,17)18/h8-10H,4-7,19H2,1-3H3. The second kappa shape index (κ2) is 6.97. The Hall–Kier alpha value is -1.23. The molecule has 0 aromatic heterocycles. The Labute approximate surface area is 118 Å². The molecule has 0 bridgehead atoms. The highest BCUT2D eigenvalue weighted by atomic mass is 19.4. The first-order valence-corrected chi connectivity index (χ1v) is 6.82. The maximum Gasteiger partial charge on any atom is 0.416 e. The van der Waals surface area contributed by atoms with Gasteiger partial charge in [-0.15, -0.1) is 0 Å². The van der Waals surface area contributed by atoms with Crippen LogP contribution in [-0.2, 0) is 19.0 Å². The number of ether oxygens (including phenoxy) is 1. The van der Waals surface area contributed by atoms with Gasteiger partial charge in [-0.1, -0.05) is 13.3 Å². The molecule has 0 amide bonds. The molecule has 1 atom stereocenters. The lowest BCUT2D eigenvalue weighted by molar-refractivity contribution is -0.138. The number of unbranched alkanes of at least 4 members (excludes halogenated alkanes) is 1. The summed E-state index contributed by atoms with van der Waals surface area (Å²) >= 11 is 0. The van der Waals surface area contributed by atoms with Crippen molar-refractivity contribution in [1.82, 2.24) is 0 Å². The van der Waals surface area contributed by atoms with Crippen molar-refractivity contribution >= 4 is 0 Å². The molecule has 0 aliphatic heterocycles. The van der Waals surface area contributed by atoms with Gasteiger partial charge in [0.25, 0.3) is 0 Å². The third-order valence-corrected chi connectivity index (χ3v) is 3.15. The molecule has 1 unspecified atom stereocenters. The molecule has 0 saturated carbocycles. The summed E-state index contributed by atoms with van der Waals surface area (Å²) in [4.78, 5) is 0. The fourth-order valence-corrected chi connectivity index (χ4v) is 2.20. The average Bonchev–Trinajstić information content (AvgIpc) is 2.34. The fraction of sp³-hybridized carbons (Fsp3) is 0.600. The minimum absolute atomic E-state index is 0.216. The molecule has 0 heterocycles. The topological polar surface area (TPSA) is 35.2 Å². The van der Waals surface area contributed by atoms with E-state index in [0.29, 0.717) is 29.7 Å². The van der Waals surface area contributed by atoms with Crippen LogP contribution in [0.15, 0.2) is 12.1 Å². The van der Waals surface area contributed by atoms with Gasteiger partial charge in [-0.25, -0.2) is 0 Å². The van der Waals surface area contributed by atoms with Crippen LogP contribution in [0.4, 0.5) is 13.2 Å². The van der Waals surface area contributed by atoms with E-state index in [1.54, 1.807) is 6.92 Å². The highest BCUT2D eigenvalue weighted by Crippen LogP contribution is 2.36. The van der Waals surface area contributed by atoms with Crippen LogP contribution in [0.1, 0.15) is 43.4 Å². The van der Waals surface area contributed by atoms with E-state index in [9.17, 15) is 13.2 Å². The van der Waals surface area contributed by atoms with Crippen LogP contribution in [0.3, 0.4) is 0 Å². The number of hydrogen-bond acceptors (Lipinski definition) is 2. The number of aryl methyl sites for hydroxylation is 1. The Morgan fingerprint density at radius 1 is 1.25 bits per heavy atom. The van der Waals surface area contributed by atoms with Gasteiger partial charge in [0.1, 0.15) is 5.75 Å². The number of halogens is 3. The Bertz CT molecular complexity index is 441. The van der Waals surface area contributed by atoms with Gasteiger partial charge in [-0.05, 0) is 49.4 Å². The number of hydrogen-bond donors (Lipinski definition) is 1. The van der Waals surface area contributed by atoms with Gasteiger partial charge in [0.2, 0.25) is 0 Å². The first-order chi connectivity index (χ1) is 9.29. The van der Waals surface area contributed by atoms with Gasteiger partial charge in [-0.2, -0.15) is 13.2 Å². The van der Waals surface area contributed by atoms with Crippen molar-refractivity contribution in [2.24, 2.45) is 5.73 Å². The van der Waals surface area contributed by atoms with E-state index >= 15 is 0 Å². The molecular formula is C15H22F3NO. The van der Waals surface area contributed by atoms with E-state index in [1.165, 1.54) is 19.2 Å². The molecule has 0 aliphatic rings. The van der Waals surface area contributed by atoms with Crippen LogP contribution in [0, 0.1) is 0 Å². The van der Waals surface area contributed by atoms with E-state index in [0.717, 1.165) is 12.8 Å². The molecule has 1 aromatic carbocycles. The predicted molar refractivity (Wildman–Crippen MR) is 74.0 cm³/mol. The predicted octanol–water partition coefficient (Wildman–Crippen LogP) is 3.95. The summed E-state index contributed by atoms with van der Waals surface area (Å²) in [5.41, 5.74) is 5.93. The fourth-order valence-electron chi connectivity index (χ4n) is 2.20. The zero-order chi connectivity index (χ0) is 15.3. The van der Waals surface area contributed by atoms with Gasteiger partial charge in [-0.3, -0.25) is 0 Å². The first kappa shape index (κ1) is 16.8. The summed E-state index contributed by atoms with van der Waals surface area (Å²) in [6.07, 6.45) is -2.01. The highest BCUT2D eigenvalue weighted by molar-refractivity contribution is 5.44. The SMILES string of the molecule is CCCCc1cc(OC)c(CC(C)N)cc1C(F)(F)F. The van der Waals surface area contributed by atoms with E-state index in [-0.39, 0.29) is 6.04 Å². The number of alkyl halides is 3. The zero-order valence-corrected chi connectivity index (χ0v) is 12.2. The minimum atomic E-state index is -4.35. The molecule has 5 heteroatoms. The molecule has 1 rings (SSSR count). The molecule has 1 aromatic rings. The summed E-state index contributed by atoms with van der Waals surface area (Å²) in [6.45, 7) is 3.71. The maximum absolute atomic E-state index is 13.2. The summed E-state index contributed by atoms with van der Waals surface area (Å²) in [5.74, 6) is 0.487. The van der Waals surface area contributed by atoms with Gasteiger partial charge in [0, 0.05) is 6.04 Å². The molecule has 114 valence electrons. The van der Waals surface area contributed by atoms with E-state index in [4.69, 9.17) is 10.5 Å². The van der Waals surface area contributed by atoms with Crippen LogP contribution in [-0.4, -0.2) is 13.2 Å². The summed E-state index contributed by atoms with van der Waals surface area (Å²) in [7, 11) is 1.47. The van der Waals surface area contributed by atoms with E-state index in [1.807, 2.05) is 6.92 Å². The van der Waals surface area contributed by atoms with Crippen molar-refractivity contribution in [2.75, 3.05) is 7.11 Å². The van der Waals surface area contributed by atoms with Crippen molar-refractivity contribution in [1.29, 1.82) is 0 Å².